The molecule has 2 aromatic rings. The summed E-state index contributed by atoms with van der Waals surface area (Å²) in [6.45, 7) is -0.523. The van der Waals surface area contributed by atoms with Crippen LogP contribution in [0.4, 0.5) is 0 Å². The third-order valence-electron chi connectivity index (χ3n) is 2.92. The molecule has 2 atom stereocenters. The third-order valence-corrected chi connectivity index (χ3v) is 4.12. The fourth-order valence-electron chi connectivity index (χ4n) is 2.00. The molecule has 0 aliphatic rings. The van der Waals surface area contributed by atoms with Crippen LogP contribution in [0.25, 0.3) is 0 Å². The second kappa shape index (κ2) is 7.87. The molecule has 1 aromatic heterocycles. The van der Waals surface area contributed by atoms with E-state index in [1.54, 1.807) is 42.6 Å². The number of halogens is 1. The summed E-state index contributed by atoms with van der Waals surface area (Å²) in [6, 6.07) is 12.3. The van der Waals surface area contributed by atoms with E-state index in [0.29, 0.717) is 15.9 Å². The van der Waals surface area contributed by atoms with Crippen molar-refractivity contribution in [3.05, 3.63) is 58.8 Å². The van der Waals surface area contributed by atoms with Crippen LogP contribution in [0.15, 0.2) is 53.3 Å². The lowest BCUT2D eigenvalue weighted by Gasteiger charge is -2.26. The maximum Gasteiger partial charge on any atom is 0.264 e. The normalized spacial score (nSPS) is 14.2. The van der Waals surface area contributed by atoms with Crippen molar-refractivity contribution in [2.75, 3.05) is 12.9 Å². The molecule has 6 nitrogen and oxygen atoms in total. The van der Waals surface area contributed by atoms with Crippen LogP contribution in [0.1, 0.15) is 11.7 Å². The van der Waals surface area contributed by atoms with E-state index in [-0.39, 0.29) is 0 Å². The van der Waals surface area contributed by atoms with Gasteiger partial charge in [0, 0.05) is 6.20 Å². The second-order valence-corrected chi connectivity index (χ2v) is 7.11. The van der Waals surface area contributed by atoms with Crippen LogP contribution >= 0.6 is 15.9 Å². The van der Waals surface area contributed by atoms with Crippen LogP contribution in [0, 0.1) is 0 Å². The molecule has 8 heteroatoms. The molecule has 124 valence electrons. The minimum atomic E-state index is -3.76. The summed E-state index contributed by atoms with van der Waals surface area (Å²) in [5.41, 5.74) is 0.672. The van der Waals surface area contributed by atoms with Gasteiger partial charge in [0.2, 0.25) is 0 Å². The Labute approximate surface area is 143 Å². The highest BCUT2D eigenvalue weighted by molar-refractivity contribution is 9.10. The molecule has 1 heterocycles. The molecule has 0 aliphatic carbocycles. The minimum Gasteiger partial charge on any atom is -0.480 e. The Morgan fingerprint density at radius 2 is 1.91 bits per heavy atom. The number of aliphatic hydroxyl groups is 1. The Bertz CT molecular complexity index is 739. The largest absolute Gasteiger partial charge is 0.480 e. The van der Waals surface area contributed by atoms with Crippen LogP contribution < -0.4 is 4.74 Å². The van der Waals surface area contributed by atoms with E-state index in [4.69, 9.17) is 8.92 Å². The van der Waals surface area contributed by atoms with Crippen molar-refractivity contribution in [2.24, 2.45) is 0 Å². The molecule has 2 rings (SSSR count). The monoisotopic (exact) mass is 401 g/mol. The smallest absolute Gasteiger partial charge is 0.264 e. The first-order valence-electron chi connectivity index (χ1n) is 6.72. The molecule has 1 N–H and O–H groups in total. The SMILES string of the molecule is CS(=O)(=O)O[C@H](CO)[C@@H](Oc1cccnc1Br)c1ccccc1. The Balaban J connectivity index is 2.37. The van der Waals surface area contributed by atoms with E-state index >= 15 is 0 Å². The van der Waals surface area contributed by atoms with Crippen LogP contribution in [0.5, 0.6) is 5.75 Å². The molecule has 0 spiro atoms. The van der Waals surface area contributed by atoms with Crippen molar-refractivity contribution in [2.45, 2.75) is 12.2 Å². The van der Waals surface area contributed by atoms with Gasteiger partial charge in [0.15, 0.2) is 11.9 Å². The van der Waals surface area contributed by atoms with Crippen molar-refractivity contribution in [3.63, 3.8) is 0 Å². The van der Waals surface area contributed by atoms with E-state index in [1.165, 1.54) is 0 Å². The van der Waals surface area contributed by atoms with Gasteiger partial charge in [-0.25, -0.2) is 4.98 Å². The molecule has 0 saturated carbocycles. The van der Waals surface area contributed by atoms with E-state index in [0.717, 1.165) is 6.26 Å². The molecule has 0 unspecified atom stereocenters. The average Bonchev–Trinajstić information content (AvgIpc) is 2.52. The number of hydrogen-bond acceptors (Lipinski definition) is 6. The zero-order chi connectivity index (χ0) is 16.9. The maximum absolute atomic E-state index is 11.4. The Kier molecular flexibility index (Phi) is 6.11. The topological polar surface area (TPSA) is 85.7 Å². The van der Waals surface area contributed by atoms with Gasteiger partial charge in [-0.05, 0) is 33.6 Å². The summed E-state index contributed by atoms with van der Waals surface area (Å²) in [4.78, 5) is 4.06. The van der Waals surface area contributed by atoms with Crippen molar-refractivity contribution < 1.29 is 22.4 Å². The van der Waals surface area contributed by atoms with Gasteiger partial charge in [-0.2, -0.15) is 8.42 Å². The molecule has 0 aliphatic heterocycles. The van der Waals surface area contributed by atoms with E-state index < -0.39 is 28.9 Å². The number of nitrogens with zero attached hydrogens (tertiary/aromatic N) is 1. The molecule has 0 amide bonds. The van der Waals surface area contributed by atoms with Crippen molar-refractivity contribution in [1.82, 2.24) is 4.98 Å². The first kappa shape index (κ1) is 17.9. The summed E-state index contributed by atoms with van der Waals surface area (Å²) in [5, 5.41) is 9.57. The highest BCUT2D eigenvalue weighted by Gasteiger charge is 2.29. The molecule has 0 bridgehead atoms. The quantitative estimate of drug-likeness (QED) is 0.565. The average molecular weight is 402 g/mol. The number of ether oxygens (including phenoxy) is 1. The lowest BCUT2D eigenvalue weighted by molar-refractivity contribution is 0.0186. The van der Waals surface area contributed by atoms with Gasteiger partial charge in [-0.15, -0.1) is 0 Å². The number of rotatable bonds is 7. The van der Waals surface area contributed by atoms with Crippen LogP contribution in [-0.4, -0.2) is 37.5 Å². The number of aliphatic hydroxyl groups excluding tert-OH is 1. The minimum absolute atomic E-state index is 0.414. The van der Waals surface area contributed by atoms with Gasteiger partial charge in [0.1, 0.15) is 10.7 Å². The summed E-state index contributed by atoms with van der Waals surface area (Å²) in [7, 11) is -3.76. The second-order valence-electron chi connectivity index (χ2n) is 4.76. The molecule has 0 radical (unpaired) electrons. The lowest BCUT2D eigenvalue weighted by Crippen LogP contribution is -2.32. The first-order valence-corrected chi connectivity index (χ1v) is 9.33. The third kappa shape index (κ3) is 5.28. The Morgan fingerprint density at radius 3 is 2.48 bits per heavy atom. The zero-order valence-electron chi connectivity index (χ0n) is 12.3. The first-order chi connectivity index (χ1) is 10.9. The molecule has 1 aromatic carbocycles. The number of hydrogen-bond donors (Lipinski definition) is 1. The fourth-order valence-corrected chi connectivity index (χ4v) is 2.95. The van der Waals surface area contributed by atoms with Crippen LogP contribution in [0.2, 0.25) is 0 Å². The number of benzene rings is 1. The predicted molar refractivity (Wildman–Crippen MR) is 88.6 cm³/mol. The van der Waals surface area contributed by atoms with Gasteiger partial charge in [-0.3, -0.25) is 4.18 Å². The maximum atomic E-state index is 11.4. The van der Waals surface area contributed by atoms with Crippen LogP contribution in [-0.2, 0) is 14.3 Å². The van der Waals surface area contributed by atoms with E-state index in [9.17, 15) is 13.5 Å². The summed E-state index contributed by atoms with van der Waals surface area (Å²) < 4.78 is 34.2. The highest BCUT2D eigenvalue weighted by Crippen LogP contribution is 2.30. The highest BCUT2D eigenvalue weighted by atomic mass is 79.9. The van der Waals surface area contributed by atoms with Crippen molar-refractivity contribution in [1.29, 1.82) is 0 Å². The van der Waals surface area contributed by atoms with Gasteiger partial charge in [-0.1, -0.05) is 30.3 Å². The standard InChI is InChI=1S/C15H16BrNO5S/c1-23(19,20)22-13(10-18)14(11-6-3-2-4-7-11)21-12-8-5-9-17-15(12)16/h2-9,13-14,18H,10H2,1H3/t13-,14+/m1/s1. The van der Waals surface area contributed by atoms with E-state index in [1.807, 2.05) is 6.07 Å². The molecule has 0 fully saturated rings. The molecule has 0 saturated heterocycles. The molecular formula is C15H16BrNO5S. The Hall–Kier alpha value is -1.48. The number of aromatic nitrogens is 1. The molecular weight excluding hydrogens is 386 g/mol. The summed E-state index contributed by atoms with van der Waals surface area (Å²) >= 11 is 3.27. The number of pyridine rings is 1. The van der Waals surface area contributed by atoms with E-state index in [2.05, 4.69) is 20.9 Å². The zero-order valence-corrected chi connectivity index (χ0v) is 14.7. The van der Waals surface area contributed by atoms with Gasteiger partial charge < -0.3 is 9.84 Å². The molecule has 23 heavy (non-hydrogen) atoms. The lowest BCUT2D eigenvalue weighted by atomic mass is 10.0. The van der Waals surface area contributed by atoms with Gasteiger partial charge >= 0.3 is 0 Å². The van der Waals surface area contributed by atoms with Gasteiger partial charge in [0.25, 0.3) is 10.1 Å². The fraction of sp³-hybridized carbons (Fsp3) is 0.267. The van der Waals surface area contributed by atoms with Crippen LogP contribution in [0.3, 0.4) is 0 Å². The summed E-state index contributed by atoms with van der Waals surface area (Å²) in [6.07, 6.45) is 0.610. The van der Waals surface area contributed by atoms with Gasteiger partial charge in [0.05, 0.1) is 12.9 Å². The van der Waals surface area contributed by atoms with Crippen molar-refractivity contribution >= 4 is 26.0 Å². The summed E-state index contributed by atoms with van der Waals surface area (Å²) in [5.74, 6) is 0.414. The predicted octanol–water partition coefficient (Wildman–Crippen LogP) is 2.30. The Morgan fingerprint density at radius 1 is 1.22 bits per heavy atom. The van der Waals surface area contributed by atoms with Crippen molar-refractivity contribution in [3.8, 4) is 5.75 Å².